The lowest BCUT2D eigenvalue weighted by Gasteiger charge is -2.13. The lowest BCUT2D eigenvalue weighted by Crippen LogP contribution is -2.45. The highest BCUT2D eigenvalue weighted by Gasteiger charge is 2.19. The monoisotopic (exact) mass is 245 g/mol. The zero-order valence-electron chi connectivity index (χ0n) is 9.86. The van der Waals surface area contributed by atoms with Crippen molar-refractivity contribution in [2.75, 3.05) is 13.1 Å². The fraction of sp³-hybridized carbons (Fsp3) is 0.700. The molecule has 0 aliphatic rings. The fourth-order valence-corrected chi connectivity index (χ4v) is 1.17. The number of aliphatic carboxylic acids is 1. The van der Waals surface area contributed by atoms with Crippen LogP contribution >= 0.6 is 0 Å². The summed E-state index contributed by atoms with van der Waals surface area (Å²) in [6.07, 6.45) is 0.821. The fourth-order valence-electron chi connectivity index (χ4n) is 1.17. The van der Waals surface area contributed by atoms with Gasteiger partial charge < -0.3 is 21.5 Å². The first-order valence-electron chi connectivity index (χ1n) is 5.48. The topological polar surface area (TPSA) is 122 Å². The molecular weight excluding hydrogens is 226 g/mol. The number of carbonyl (C=O) groups excluding carboxylic acids is 2. The van der Waals surface area contributed by atoms with Gasteiger partial charge >= 0.3 is 5.97 Å². The van der Waals surface area contributed by atoms with Gasteiger partial charge in [0.05, 0.1) is 6.54 Å². The van der Waals surface area contributed by atoms with Crippen LogP contribution in [-0.2, 0) is 14.4 Å². The van der Waals surface area contributed by atoms with Crippen molar-refractivity contribution < 1.29 is 19.5 Å². The first kappa shape index (κ1) is 15.4. The SMILES string of the molecule is CCCNCC(=O)N[C@H](CCC(N)=O)C(=O)O. The van der Waals surface area contributed by atoms with E-state index in [1.54, 1.807) is 0 Å². The molecule has 0 aliphatic heterocycles. The van der Waals surface area contributed by atoms with Gasteiger partial charge in [-0.05, 0) is 19.4 Å². The molecule has 2 amide bonds. The number of nitrogens with one attached hydrogen (secondary N) is 2. The van der Waals surface area contributed by atoms with Crippen LogP contribution in [0.2, 0.25) is 0 Å². The molecule has 0 aromatic carbocycles. The van der Waals surface area contributed by atoms with Crippen molar-refractivity contribution in [2.45, 2.75) is 32.2 Å². The summed E-state index contributed by atoms with van der Waals surface area (Å²) in [4.78, 5) is 32.6. The Bertz CT molecular complexity index is 281. The van der Waals surface area contributed by atoms with E-state index in [0.29, 0.717) is 6.54 Å². The van der Waals surface area contributed by atoms with E-state index in [1.165, 1.54) is 0 Å². The highest BCUT2D eigenvalue weighted by Crippen LogP contribution is 1.97. The van der Waals surface area contributed by atoms with Crippen LogP contribution in [-0.4, -0.2) is 42.0 Å². The average Bonchev–Trinajstić information content (AvgIpc) is 2.23. The van der Waals surface area contributed by atoms with E-state index in [0.717, 1.165) is 6.42 Å². The van der Waals surface area contributed by atoms with Crippen LogP contribution in [0.15, 0.2) is 0 Å². The normalized spacial score (nSPS) is 11.8. The van der Waals surface area contributed by atoms with E-state index in [9.17, 15) is 14.4 Å². The lowest BCUT2D eigenvalue weighted by atomic mass is 10.1. The Labute approximate surface area is 99.7 Å². The number of carbonyl (C=O) groups is 3. The summed E-state index contributed by atoms with van der Waals surface area (Å²) in [7, 11) is 0. The molecule has 0 fully saturated rings. The third-order valence-electron chi connectivity index (χ3n) is 2.03. The molecule has 0 aromatic heterocycles. The van der Waals surface area contributed by atoms with E-state index in [2.05, 4.69) is 10.6 Å². The van der Waals surface area contributed by atoms with Gasteiger partial charge in [-0.15, -0.1) is 0 Å². The van der Waals surface area contributed by atoms with Gasteiger partial charge in [0, 0.05) is 6.42 Å². The van der Waals surface area contributed by atoms with Crippen LogP contribution in [0.5, 0.6) is 0 Å². The van der Waals surface area contributed by atoms with Gasteiger partial charge in [-0.25, -0.2) is 4.79 Å². The number of hydrogen-bond acceptors (Lipinski definition) is 4. The van der Waals surface area contributed by atoms with Crippen molar-refractivity contribution in [3.05, 3.63) is 0 Å². The largest absolute Gasteiger partial charge is 0.480 e. The van der Waals surface area contributed by atoms with Crippen molar-refractivity contribution in [1.29, 1.82) is 0 Å². The van der Waals surface area contributed by atoms with Crippen LogP contribution in [0.25, 0.3) is 0 Å². The van der Waals surface area contributed by atoms with Crippen molar-refractivity contribution in [3.63, 3.8) is 0 Å². The molecule has 17 heavy (non-hydrogen) atoms. The molecule has 0 heterocycles. The maximum Gasteiger partial charge on any atom is 0.326 e. The average molecular weight is 245 g/mol. The number of hydrogen-bond donors (Lipinski definition) is 4. The molecule has 0 aromatic rings. The lowest BCUT2D eigenvalue weighted by molar-refractivity contribution is -0.142. The summed E-state index contributed by atoms with van der Waals surface area (Å²) < 4.78 is 0. The Kier molecular flexibility index (Phi) is 7.70. The number of carboxylic acid groups (broad SMARTS) is 1. The third kappa shape index (κ3) is 8.21. The number of nitrogens with two attached hydrogens (primary N) is 1. The van der Waals surface area contributed by atoms with Gasteiger partial charge in [-0.2, -0.15) is 0 Å². The van der Waals surface area contributed by atoms with Gasteiger partial charge in [0.25, 0.3) is 0 Å². The minimum absolute atomic E-state index is 0.00415. The molecule has 7 nitrogen and oxygen atoms in total. The molecule has 0 spiro atoms. The molecule has 0 saturated carbocycles. The quantitative estimate of drug-likeness (QED) is 0.381. The highest BCUT2D eigenvalue weighted by atomic mass is 16.4. The Morgan fingerprint density at radius 2 is 2.00 bits per heavy atom. The van der Waals surface area contributed by atoms with Gasteiger partial charge in [0.15, 0.2) is 0 Å². The van der Waals surface area contributed by atoms with Gasteiger partial charge in [-0.1, -0.05) is 6.92 Å². The molecule has 0 saturated heterocycles. The van der Waals surface area contributed by atoms with E-state index in [-0.39, 0.29) is 19.4 Å². The molecule has 1 atom stereocenters. The molecule has 0 rings (SSSR count). The maximum atomic E-state index is 11.3. The van der Waals surface area contributed by atoms with Gasteiger partial charge in [-0.3, -0.25) is 9.59 Å². The number of primary amides is 1. The van der Waals surface area contributed by atoms with Crippen molar-refractivity contribution in [1.82, 2.24) is 10.6 Å². The molecule has 5 N–H and O–H groups in total. The zero-order valence-corrected chi connectivity index (χ0v) is 9.86. The minimum Gasteiger partial charge on any atom is -0.480 e. The zero-order chi connectivity index (χ0) is 13.3. The van der Waals surface area contributed by atoms with E-state index in [4.69, 9.17) is 10.8 Å². The molecule has 7 heteroatoms. The number of amides is 2. The minimum atomic E-state index is -1.17. The van der Waals surface area contributed by atoms with Gasteiger partial charge in [0.1, 0.15) is 6.04 Å². The molecule has 0 bridgehead atoms. The van der Waals surface area contributed by atoms with E-state index in [1.807, 2.05) is 6.92 Å². The van der Waals surface area contributed by atoms with Crippen LogP contribution in [0, 0.1) is 0 Å². The standard InChI is InChI=1S/C10H19N3O4/c1-2-5-12-6-9(15)13-7(10(16)17)3-4-8(11)14/h7,12H,2-6H2,1H3,(H2,11,14)(H,13,15)(H,16,17)/t7-/m1/s1. The smallest absolute Gasteiger partial charge is 0.326 e. The second-order valence-corrected chi connectivity index (χ2v) is 3.64. The van der Waals surface area contributed by atoms with Crippen LogP contribution < -0.4 is 16.4 Å². The van der Waals surface area contributed by atoms with Crippen LogP contribution in [0.3, 0.4) is 0 Å². The Hall–Kier alpha value is -1.63. The van der Waals surface area contributed by atoms with Crippen LogP contribution in [0.1, 0.15) is 26.2 Å². The summed E-state index contributed by atoms with van der Waals surface area (Å²) in [5, 5.41) is 14.0. The first-order chi connectivity index (χ1) is 7.97. The van der Waals surface area contributed by atoms with Gasteiger partial charge in [0.2, 0.25) is 11.8 Å². The Balaban J connectivity index is 4.02. The summed E-state index contributed by atoms with van der Waals surface area (Å²) in [5.41, 5.74) is 4.91. The highest BCUT2D eigenvalue weighted by molar-refractivity contribution is 5.85. The molecular formula is C10H19N3O4. The summed E-state index contributed by atoms with van der Waals surface area (Å²) in [6, 6.07) is -1.07. The molecule has 0 aliphatic carbocycles. The second-order valence-electron chi connectivity index (χ2n) is 3.64. The predicted octanol–water partition coefficient (Wildman–Crippen LogP) is -1.18. The third-order valence-corrected chi connectivity index (χ3v) is 2.03. The number of carboxylic acids is 1. The second kappa shape index (κ2) is 8.51. The maximum absolute atomic E-state index is 11.3. The van der Waals surface area contributed by atoms with E-state index < -0.39 is 23.8 Å². The molecule has 0 unspecified atom stereocenters. The Morgan fingerprint density at radius 3 is 2.47 bits per heavy atom. The summed E-state index contributed by atoms with van der Waals surface area (Å²) in [5.74, 6) is -2.17. The van der Waals surface area contributed by atoms with Crippen molar-refractivity contribution >= 4 is 17.8 Å². The predicted molar refractivity (Wildman–Crippen MR) is 61.2 cm³/mol. The Morgan fingerprint density at radius 1 is 1.35 bits per heavy atom. The van der Waals surface area contributed by atoms with E-state index >= 15 is 0 Å². The summed E-state index contributed by atoms with van der Waals surface area (Å²) >= 11 is 0. The number of rotatable bonds is 9. The van der Waals surface area contributed by atoms with Crippen LogP contribution in [0.4, 0.5) is 0 Å². The first-order valence-corrected chi connectivity index (χ1v) is 5.48. The van der Waals surface area contributed by atoms with Crippen molar-refractivity contribution in [2.24, 2.45) is 5.73 Å². The summed E-state index contributed by atoms with van der Waals surface area (Å²) in [6.45, 7) is 2.71. The molecule has 98 valence electrons. The molecule has 0 radical (unpaired) electrons. The van der Waals surface area contributed by atoms with Crippen molar-refractivity contribution in [3.8, 4) is 0 Å².